The predicted octanol–water partition coefficient (Wildman–Crippen LogP) is -1.37. The molecule has 0 aliphatic carbocycles. The Morgan fingerprint density at radius 3 is 2.50 bits per heavy atom. The van der Waals surface area contributed by atoms with E-state index in [9.17, 15) is 24.3 Å². The molecule has 0 spiro atoms. The Bertz CT molecular complexity index is 917. The van der Waals surface area contributed by atoms with Gasteiger partial charge in [-0.2, -0.15) is 0 Å². The largest absolute Gasteiger partial charge is 0.548 e. The van der Waals surface area contributed by atoms with Gasteiger partial charge in [0.25, 0.3) is 0 Å². The highest BCUT2D eigenvalue weighted by atomic mass is 16.5. The number of aliphatic carboxylic acids is 1. The molecule has 0 aliphatic heterocycles. The topological polar surface area (TPSA) is 138 Å². The van der Waals surface area contributed by atoms with Crippen LogP contribution >= 0.6 is 0 Å². The number of aryl methyl sites for hydroxylation is 1. The van der Waals surface area contributed by atoms with Crippen LogP contribution in [0.15, 0.2) is 27.4 Å². The second kappa shape index (κ2) is 8.15. The minimum Gasteiger partial charge on any atom is -0.548 e. The standard InChI is InChI=1S/C17H18N2O7/c1-9-11-4-3-10(25-2)5-13(11)26-17(24)12(9)6-14(20)18-7-15(21)19-8-16(22)23/h3-5H,6-8H2,1-2H3,(H,18,20)(H,19,21)(H,22,23)/p-1. The Hall–Kier alpha value is -3.36. The van der Waals surface area contributed by atoms with Gasteiger partial charge in [-0.25, -0.2) is 4.79 Å². The summed E-state index contributed by atoms with van der Waals surface area (Å²) in [5.74, 6) is -2.16. The molecular formula is C17H17N2O7-. The number of carbonyl (C=O) groups excluding carboxylic acids is 3. The average Bonchev–Trinajstić information content (AvgIpc) is 2.61. The molecule has 2 amide bonds. The summed E-state index contributed by atoms with van der Waals surface area (Å²) >= 11 is 0. The van der Waals surface area contributed by atoms with Gasteiger partial charge >= 0.3 is 5.63 Å². The van der Waals surface area contributed by atoms with Crippen LogP contribution in [0.5, 0.6) is 5.75 Å². The number of nitrogens with one attached hydrogen (secondary N) is 2. The van der Waals surface area contributed by atoms with Gasteiger partial charge in [0.1, 0.15) is 11.3 Å². The van der Waals surface area contributed by atoms with Crippen molar-refractivity contribution in [2.45, 2.75) is 13.3 Å². The quantitative estimate of drug-likeness (QED) is 0.581. The first-order valence-electron chi connectivity index (χ1n) is 7.65. The predicted molar refractivity (Wildman–Crippen MR) is 88.5 cm³/mol. The van der Waals surface area contributed by atoms with Crippen LogP contribution in [-0.4, -0.2) is 38.0 Å². The number of hydrogen-bond acceptors (Lipinski definition) is 7. The molecule has 2 aromatic rings. The van der Waals surface area contributed by atoms with Crippen molar-refractivity contribution in [1.29, 1.82) is 0 Å². The van der Waals surface area contributed by atoms with E-state index in [4.69, 9.17) is 9.15 Å². The minimum absolute atomic E-state index is 0.176. The van der Waals surface area contributed by atoms with E-state index < -0.39 is 36.5 Å². The molecular weight excluding hydrogens is 344 g/mol. The number of carboxylic acid groups (broad SMARTS) is 1. The highest BCUT2D eigenvalue weighted by Gasteiger charge is 2.16. The van der Waals surface area contributed by atoms with Crippen LogP contribution in [-0.2, 0) is 20.8 Å². The molecule has 0 fully saturated rings. The Morgan fingerprint density at radius 2 is 1.85 bits per heavy atom. The van der Waals surface area contributed by atoms with Crippen LogP contribution < -0.4 is 26.1 Å². The third kappa shape index (κ3) is 4.59. The summed E-state index contributed by atoms with van der Waals surface area (Å²) in [5, 5.41) is 15.3. The lowest BCUT2D eigenvalue weighted by Gasteiger charge is -2.10. The molecule has 138 valence electrons. The fraction of sp³-hybridized carbons (Fsp3) is 0.294. The van der Waals surface area contributed by atoms with E-state index in [2.05, 4.69) is 10.6 Å². The molecule has 9 nitrogen and oxygen atoms in total. The number of fused-ring (bicyclic) bond motifs is 1. The molecule has 2 rings (SSSR count). The van der Waals surface area contributed by atoms with E-state index >= 15 is 0 Å². The molecule has 0 atom stereocenters. The monoisotopic (exact) mass is 361 g/mol. The van der Waals surface area contributed by atoms with E-state index in [-0.39, 0.29) is 12.0 Å². The Labute approximate surface area is 147 Å². The van der Waals surface area contributed by atoms with E-state index in [1.165, 1.54) is 7.11 Å². The van der Waals surface area contributed by atoms with Crippen molar-refractivity contribution in [2.75, 3.05) is 20.2 Å². The number of rotatable bonds is 7. The summed E-state index contributed by atoms with van der Waals surface area (Å²) in [4.78, 5) is 45.7. The zero-order chi connectivity index (χ0) is 19.3. The van der Waals surface area contributed by atoms with E-state index in [1.54, 1.807) is 25.1 Å². The zero-order valence-electron chi connectivity index (χ0n) is 14.2. The lowest BCUT2D eigenvalue weighted by Crippen LogP contribution is -2.43. The maximum atomic E-state index is 12.2. The third-order valence-corrected chi connectivity index (χ3v) is 3.71. The van der Waals surface area contributed by atoms with Gasteiger partial charge in [0, 0.05) is 11.5 Å². The maximum absolute atomic E-state index is 12.2. The zero-order valence-corrected chi connectivity index (χ0v) is 14.2. The van der Waals surface area contributed by atoms with Crippen LogP contribution in [0.1, 0.15) is 11.1 Å². The number of benzene rings is 1. The SMILES string of the molecule is COc1ccc2c(C)c(CC(=O)NCC(=O)NCC(=O)[O-])c(=O)oc2c1. The Kier molecular flexibility index (Phi) is 5.94. The normalized spacial score (nSPS) is 10.4. The minimum atomic E-state index is -1.44. The molecule has 0 saturated carbocycles. The number of methoxy groups -OCH3 is 1. The first-order chi connectivity index (χ1) is 12.3. The molecule has 0 unspecified atom stereocenters. The van der Waals surface area contributed by atoms with E-state index in [1.807, 2.05) is 0 Å². The van der Waals surface area contributed by atoms with Crippen LogP contribution in [0.25, 0.3) is 11.0 Å². The molecule has 26 heavy (non-hydrogen) atoms. The maximum Gasteiger partial charge on any atom is 0.340 e. The van der Waals surface area contributed by atoms with Crippen LogP contribution in [0.4, 0.5) is 0 Å². The van der Waals surface area contributed by atoms with Crippen molar-refractivity contribution in [3.05, 3.63) is 39.7 Å². The van der Waals surface area contributed by atoms with Crippen LogP contribution in [0.2, 0.25) is 0 Å². The first-order valence-corrected chi connectivity index (χ1v) is 7.65. The summed E-state index contributed by atoms with van der Waals surface area (Å²) in [7, 11) is 1.49. The summed E-state index contributed by atoms with van der Waals surface area (Å²) in [5.41, 5.74) is 0.461. The highest BCUT2D eigenvalue weighted by Crippen LogP contribution is 2.24. The molecule has 1 aromatic heterocycles. The summed E-state index contributed by atoms with van der Waals surface area (Å²) in [6.45, 7) is 0.633. The van der Waals surface area contributed by atoms with Gasteiger partial charge in [0.2, 0.25) is 11.8 Å². The Morgan fingerprint density at radius 1 is 1.15 bits per heavy atom. The molecule has 0 radical (unpaired) electrons. The van der Waals surface area contributed by atoms with Crippen LogP contribution in [0, 0.1) is 6.92 Å². The van der Waals surface area contributed by atoms with Crippen LogP contribution in [0.3, 0.4) is 0 Å². The molecule has 0 aliphatic rings. The van der Waals surface area contributed by atoms with E-state index in [0.717, 1.165) is 0 Å². The molecule has 1 aromatic carbocycles. The highest BCUT2D eigenvalue weighted by molar-refractivity contribution is 5.88. The molecule has 0 saturated heterocycles. The van der Waals surface area contributed by atoms with Crippen molar-refractivity contribution in [1.82, 2.24) is 10.6 Å². The number of amides is 2. The van der Waals surface area contributed by atoms with Gasteiger partial charge in [-0.3, -0.25) is 9.59 Å². The number of hydrogen-bond donors (Lipinski definition) is 2. The summed E-state index contributed by atoms with van der Waals surface area (Å²) in [6, 6.07) is 5.01. The lowest BCUT2D eigenvalue weighted by molar-refractivity contribution is -0.304. The molecule has 9 heteroatoms. The molecule has 2 N–H and O–H groups in total. The third-order valence-electron chi connectivity index (χ3n) is 3.71. The number of ether oxygens (including phenoxy) is 1. The number of carboxylic acids is 1. The van der Waals surface area contributed by atoms with Gasteiger partial charge < -0.3 is 29.7 Å². The summed E-state index contributed by atoms with van der Waals surface area (Å²) in [6.07, 6.45) is -0.274. The van der Waals surface area contributed by atoms with Gasteiger partial charge in [-0.05, 0) is 24.6 Å². The fourth-order valence-corrected chi connectivity index (χ4v) is 2.34. The molecule has 1 heterocycles. The van der Waals surface area contributed by atoms with Crippen molar-refractivity contribution in [2.24, 2.45) is 0 Å². The molecule has 0 bridgehead atoms. The van der Waals surface area contributed by atoms with Crippen molar-refractivity contribution in [3.63, 3.8) is 0 Å². The van der Waals surface area contributed by atoms with Crippen molar-refractivity contribution >= 4 is 28.8 Å². The van der Waals surface area contributed by atoms with Gasteiger partial charge in [-0.15, -0.1) is 0 Å². The lowest BCUT2D eigenvalue weighted by atomic mass is 10.0. The fourth-order valence-electron chi connectivity index (χ4n) is 2.34. The van der Waals surface area contributed by atoms with Crippen molar-refractivity contribution in [3.8, 4) is 5.75 Å². The van der Waals surface area contributed by atoms with Gasteiger partial charge in [0.05, 0.1) is 38.2 Å². The number of carbonyl (C=O) groups is 3. The van der Waals surface area contributed by atoms with Gasteiger partial charge in [-0.1, -0.05) is 0 Å². The second-order valence-electron chi connectivity index (χ2n) is 5.46. The average molecular weight is 361 g/mol. The Balaban J connectivity index is 2.10. The van der Waals surface area contributed by atoms with E-state index in [0.29, 0.717) is 22.3 Å². The van der Waals surface area contributed by atoms with Gasteiger partial charge in [0.15, 0.2) is 0 Å². The second-order valence-corrected chi connectivity index (χ2v) is 5.46. The van der Waals surface area contributed by atoms with Crippen molar-refractivity contribution < 1.29 is 28.6 Å². The first kappa shape index (κ1) is 19.0. The summed E-state index contributed by atoms with van der Waals surface area (Å²) < 4.78 is 10.3. The smallest absolute Gasteiger partial charge is 0.340 e.